The normalized spacial score (nSPS) is 10.3. The third-order valence-electron chi connectivity index (χ3n) is 3.08. The molecule has 0 atom stereocenters. The van der Waals surface area contributed by atoms with Crippen LogP contribution in [0.15, 0.2) is 42.6 Å². The first-order valence-electron chi connectivity index (χ1n) is 6.52. The van der Waals surface area contributed by atoms with Crippen molar-refractivity contribution in [3.63, 3.8) is 0 Å². The van der Waals surface area contributed by atoms with Gasteiger partial charge in [-0.2, -0.15) is 5.26 Å². The van der Waals surface area contributed by atoms with Crippen molar-refractivity contribution in [2.24, 2.45) is 0 Å². The Morgan fingerprint density at radius 3 is 2.85 bits per heavy atom. The third-order valence-corrected chi connectivity index (χ3v) is 3.08. The fraction of sp³-hybridized carbons (Fsp3) is 0.250. The molecule has 4 nitrogen and oxygen atoms in total. The SMILES string of the molecule is CNc1ncccc1CN(C)Cc1cccc(C#N)c1. The molecule has 0 aliphatic rings. The molecule has 0 aliphatic heterocycles. The van der Waals surface area contributed by atoms with Crippen LogP contribution in [0.4, 0.5) is 5.82 Å². The van der Waals surface area contributed by atoms with Crippen molar-refractivity contribution in [2.75, 3.05) is 19.4 Å². The van der Waals surface area contributed by atoms with E-state index >= 15 is 0 Å². The Hall–Kier alpha value is -2.38. The van der Waals surface area contributed by atoms with E-state index in [-0.39, 0.29) is 0 Å². The molecule has 0 radical (unpaired) electrons. The minimum absolute atomic E-state index is 0.702. The Labute approximate surface area is 119 Å². The molecule has 0 spiro atoms. The van der Waals surface area contributed by atoms with Crippen LogP contribution in [0.3, 0.4) is 0 Å². The van der Waals surface area contributed by atoms with E-state index in [9.17, 15) is 0 Å². The minimum atomic E-state index is 0.702. The average Bonchev–Trinajstić information content (AvgIpc) is 2.48. The van der Waals surface area contributed by atoms with E-state index in [0.717, 1.165) is 30.0 Å². The van der Waals surface area contributed by atoms with E-state index in [4.69, 9.17) is 5.26 Å². The zero-order chi connectivity index (χ0) is 14.4. The topological polar surface area (TPSA) is 52.0 Å². The van der Waals surface area contributed by atoms with Gasteiger partial charge in [0.05, 0.1) is 11.6 Å². The van der Waals surface area contributed by atoms with Crippen LogP contribution in [0.25, 0.3) is 0 Å². The fourth-order valence-corrected chi connectivity index (χ4v) is 2.19. The minimum Gasteiger partial charge on any atom is -0.373 e. The number of benzene rings is 1. The van der Waals surface area contributed by atoms with Crippen LogP contribution in [0.1, 0.15) is 16.7 Å². The number of hydrogen-bond donors (Lipinski definition) is 1. The Morgan fingerprint density at radius 1 is 1.25 bits per heavy atom. The summed E-state index contributed by atoms with van der Waals surface area (Å²) in [5, 5.41) is 12.0. The summed E-state index contributed by atoms with van der Waals surface area (Å²) in [5.74, 6) is 0.908. The zero-order valence-electron chi connectivity index (χ0n) is 11.8. The van der Waals surface area contributed by atoms with Crippen LogP contribution < -0.4 is 5.32 Å². The lowest BCUT2D eigenvalue weighted by Crippen LogP contribution is -2.18. The van der Waals surface area contributed by atoms with Crippen LogP contribution in [0, 0.1) is 11.3 Å². The molecule has 0 fully saturated rings. The van der Waals surface area contributed by atoms with Gasteiger partial charge in [0.2, 0.25) is 0 Å². The Morgan fingerprint density at radius 2 is 2.10 bits per heavy atom. The Kier molecular flexibility index (Phi) is 4.70. The fourth-order valence-electron chi connectivity index (χ4n) is 2.19. The van der Waals surface area contributed by atoms with Gasteiger partial charge in [0.1, 0.15) is 5.82 Å². The van der Waals surface area contributed by atoms with Crippen molar-refractivity contribution < 1.29 is 0 Å². The van der Waals surface area contributed by atoms with Gasteiger partial charge in [-0.25, -0.2) is 4.98 Å². The predicted molar refractivity (Wildman–Crippen MR) is 80.1 cm³/mol. The van der Waals surface area contributed by atoms with Gasteiger partial charge in [-0.05, 0) is 30.8 Å². The maximum Gasteiger partial charge on any atom is 0.130 e. The van der Waals surface area contributed by atoms with Crippen molar-refractivity contribution >= 4 is 5.82 Å². The number of nitrogens with one attached hydrogen (secondary N) is 1. The molecule has 1 aromatic heterocycles. The highest BCUT2D eigenvalue weighted by molar-refractivity contribution is 5.42. The monoisotopic (exact) mass is 266 g/mol. The third kappa shape index (κ3) is 3.56. The number of anilines is 1. The summed E-state index contributed by atoms with van der Waals surface area (Å²) in [4.78, 5) is 6.51. The number of nitriles is 1. The summed E-state index contributed by atoms with van der Waals surface area (Å²) in [7, 11) is 3.94. The van der Waals surface area contributed by atoms with E-state index in [0.29, 0.717) is 5.56 Å². The first-order chi connectivity index (χ1) is 9.72. The molecule has 2 rings (SSSR count). The summed E-state index contributed by atoms with van der Waals surface area (Å²) in [5.41, 5.74) is 3.00. The predicted octanol–water partition coefficient (Wildman–Crippen LogP) is 2.63. The quantitative estimate of drug-likeness (QED) is 0.904. The lowest BCUT2D eigenvalue weighted by Gasteiger charge is -2.18. The van der Waals surface area contributed by atoms with Crippen LogP contribution in [-0.4, -0.2) is 24.0 Å². The maximum atomic E-state index is 8.92. The zero-order valence-corrected chi connectivity index (χ0v) is 11.8. The second kappa shape index (κ2) is 6.69. The molecule has 4 heteroatoms. The lowest BCUT2D eigenvalue weighted by molar-refractivity contribution is 0.319. The molecular weight excluding hydrogens is 248 g/mol. The van der Waals surface area contributed by atoms with Gasteiger partial charge in [0, 0.05) is 31.9 Å². The van der Waals surface area contributed by atoms with Crippen LogP contribution in [-0.2, 0) is 13.1 Å². The summed E-state index contributed by atoms with van der Waals surface area (Å²) < 4.78 is 0. The van der Waals surface area contributed by atoms with E-state index in [1.165, 1.54) is 0 Å². The number of nitrogens with zero attached hydrogens (tertiary/aromatic N) is 3. The molecule has 1 N–H and O–H groups in total. The summed E-state index contributed by atoms with van der Waals surface area (Å²) >= 11 is 0. The standard InChI is InChI=1S/C16H18N4/c1-18-16-15(7-4-8-19-16)12-20(2)11-14-6-3-5-13(9-14)10-17/h3-9H,11-12H2,1-2H3,(H,18,19). The maximum absolute atomic E-state index is 8.92. The van der Waals surface area contributed by atoms with E-state index in [1.54, 1.807) is 6.20 Å². The molecule has 0 saturated heterocycles. The first-order valence-corrected chi connectivity index (χ1v) is 6.52. The molecule has 0 unspecified atom stereocenters. The van der Waals surface area contributed by atoms with Crippen LogP contribution in [0.5, 0.6) is 0 Å². The largest absolute Gasteiger partial charge is 0.373 e. The molecule has 0 saturated carbocycles. The van der Waals surface area contributed by atoms with Gasteiger partial charge in [-0.1, -0.05) is 18.2 Å². The molecule has 1 heterocycles. The highest BCUT2D eigenvalue weighted by Crippen LogP contribution is 2.14. The van der Waals surface area contributed by atoms with Crippen molar-refractivity contribution in [2.45, 2.75) is 13.1 Å². The van der Waals surface area contributed by atoms with Gasteiger partial charge < -0.3 is 5.32 Å². The molecule has 0 amide bonds. The highest BCUT2D eigenvalue weighted by atomic mass is 15.1. The molecule has 0 bridgehead atoms. The lowest BCUT2D eigenvalue weighted by atomic mass is 10.1. The van der Waals surface area contributed by atoms with Crippen molar-refractivity contribution in [3.05, 3.63) is 59.3 Å². The van der Waals surface area contributed by atoms with Gasteiger partial charge in [0.15, 0.2) is 0 Å². The number of hydrogen-bond acceptors (Lipinski definition) is 4. The highest BCUT2D eigenvalue weighted by Gasteiger charge is 2.06. The Bertz CT molecular complexity index is 616. The molecule has 2 aromatic rings. The number of rotatable bonds is 5. The van der Waals surface area contributed by atoms with Gasteiger partial charge in [-0.15, -0.1) is 0 Å². The second-order valence-corrected chi connectivity index (χ2v) is 4.75. The molecule has 1 aromatic carbocycles. The van der Waals surface area contributed by atoms with Crippen LogP contribution >= 0.6 is 0 Å². The van der Waals surface area contributed by atoms with Crippen molar-refractivity contribution in [1.29, 1.82) is 5.26 Å². The number of pyridine rings is 1. The van der Waals surface area contributed by atoms with Crippen molar-refractivity contribution in [1.82, 2.24) is 9.88 Å². The van der Waals surface area contributed by atoms with E-state index < -0.39 is 0 Å². The number of aromatic nitrogens is 1. The van der Waals surface area contributed by atoms with Crippen LogP contribution in [0.2, 0.25) is 0 Å². The summed E-state index contributed by atoms with van der Waals surface area (Å²) in [6.07, 6.45) is 1.78. The van der Waals surface area contributed by atoms with Gasteiger partial charge >= 0.3 is 0 Å². The van der Waals surface area contributed by atoms with E-state index in [1.807, 2.05) is 37.4 Å². The molecule has 0 aliphatic carbocycles. The van der Waals surface area contributed by atoms with Crippen molar-refractivity contribution in [3.8, 4) is 6.07 Å². The Balaban J connectivity index is 2.05. The molecule has 102 valence electrons. The molecular formula is C16H18N4. The van der Waals surface area contributed by atoms with Gasteiger partial charge in [-0.3, -0.25) is 4.90 Å². The molecule has 20 heavy (non-hydrogen) atoms. The summed E-state index contributed by atoms with van der Waals surface area (Å²) in [6, 6.07) is 13.9. The van der Waals surface area contributed by atoms with E-state index in [2.05, 4.69) is 34.4 Å². The first kappa shape index (κ1) is 14.0. The average molecular weight is 266 g/mol. The van der Waals surface area contributed by atoms with Gasteiger partial charge in [0.25, 0.3) is 0 Å². The second-order valence-electron chi connectivity index (χ2n) is 4.75. The summed E-state index contributed by atoms with van der Waals surface area (Å²) in [6.45, 7) is 1.61. The smallest absolute Gasteiger partial charge is 0.130 e.